The Bertz CT molecular complexity index is 763. The normalized spacial score (nSPS) is 11.0. The number of hydrogen-bond donors (Lipinski definition) is 0. The highest BCUT2D eigenvalue weighted by molar-refractivity contribution is 5.96. The highest BCUT2D eigenvalue weighted by Gasteiger charge is 2.19. The number of carbonyl (C=O) groups excluding carboxylic acids is 1. The Morgan fingerprint density at radius 3 is 2.48 bits per heavy atom. The highest BCUT2D eigenvalue weighted by Crippen LogP contribution is 2.16. The highest BCUT2D eigenvalue weighted by atomic mass is 19.1. The van der Waals surface area contributed by atoms with Gasteiger partial charge in [-0.15, -0.1) is 0 Å². The van der Waals surface area contributed by atoms with Crippen molar-refractivity contribution in [1.82, 2.24) is 9.47 Å². The number of hydrogen-bond acceptors (Lipinski definition) is 2. The molecular formula is C18H23FN2O2. The fraction of sp³-hybridized carbons (Fsp3) is 0.444. The summed E-state index contributed by atoms with van der Waals surface area (Å²) in [6.07, 6.45) is 1.70. The molecule has 2 aromatic rings. The molecule has 0 fully saturated rings. The molecule has 23 heavy (non-hydrogen) atoms. The van der Waals surface area contributed by atoms with Crippen molar-refractivity contribution in [3.8, 4) is 0 Å². The second kappa shape index (κ2) is 7.40. The van der Waals surface area contributed by atoms with Crippen LogP contribution in [0.1, 0.15) is 44.1 Å². The zero-order valence-corrected chi connectivity index (χ0v) is 13.9. The van der Waals surface area contributed by atoms with E-state index >= 15 is 0 Å². The smallest absolute Gasteiger partial charge is 0.270 e. The summed E-state index contributed by atoms with van der Waals surface area (Å²) in [6.45, 7) is 7.47. The van der Waals surface area contributed by atoms with E-state index in [0.29, 0.717) is 36.1 Å². The minimum atomic E-state index is -0.445. The minimum absolute atomic E-state index is 0.158. The van der Waals surface area contributed by atoms with Crippen LogP contribution in [0, 0.1) is 5.82 Å². The molecule has 0 aliphatic rings. The zero-order chi connectivity index (χ0) is 17.0. The summed E-state index contributed by atoms with van der Waals surface area (Å²) in [7, 11) is 0. The Labute approximate surface area is 135 Å². The van der Waals surface area contributed by atoms with E-state index < -0.39 is 5.82 Å². The van der Waals surface area contributed by atoms with Gasteiger partial charge in [0.05, 0.1) is 5.39 Å². The lowest BCUT2D eigenvalue weighted by Gasteiger charge is -2.21. The van der Waals surface area contributed by atoms with Gasteiger partial charge in [0.15, 0.2) is 0 Å². The first-order valence-electron chi connectivity index (χ1n) is 8.15. The van der Waals surface area contributed by atoms with Crippen LogP contribution >= 0.6 is 0 Å². The molecule has 1 aromatic carbocycles. The molecule has 2 rings (SSSR count). The van der Waals surface area contributed by atoms with Crippen molar-refractivity contribution >= 4 is 16.7 Å². The van der Waals surface area contributed by atoms with Crippen LogP contribution in [0.15, 0.2) is 29.1 Å². The van der Waals surface area contributed by atoms with Gasteiger partial charge in [0.2, 0.25) is 0 Å². The molecule has 124 valence electrons. The predicted octanol–water partition coefficient (Wildman–Crippen LogP) is 3.42. The summed E-state index contributed by atoms with van der Waals surface area (Å²) in [5, 5.41) is 0.914. The van der Waals surface area contributed by atoms with Crippen molar-refractivity contribution in [2.24, 2.45) is 0 Å². The van der Waals surface area contributed by atoms with Crippen LogP contribution in [0.3, 0.4) is 0 Å². The van der Waals surface area contributed by atoms with Gasteiger partial charge >= 0.3 is 0 Å². The molecule has 0 aliphatic heterocycles. The first kappa shape index (κ1) is 17.2. The van der Waals surface area contributed by atoms with Gasteiger partial charge < -0.3 is 9.47 Å². The van der Waals surface area contributed by atoms with Crippen LogP contribution in [-0.2, 0) is 6.54 Å². The average molecular weight is 318 g/mol. The quantitative estimate of drug-likeness (QED) is 0.819. The summed E-state index contributed by atoms with van der Waals surface area (Å²) >= 11 is 0. The van der Waals surface area contributed by atoms with Crippen molar-refractivity contribution in [3.05, 3.63) is 46.1 Å². The number of carbonyl (C=O) groups is 1. The maximum absolute atomic E-state index is 13.5. The van der Waals surface area contributed by atoms with Gasteiger partial charge in [-0.1, -0.05) is 19.4 Å². The summed E-state index contributed by atoms with van der Waals surface area (Å²) in [4.78, 5) is 27.2. The Balaban J connectivity index is 2.68. The van der Waals surface area contributed by atoms with Crippen molar-refractivity contribution in [3.63, 3.8) is 0 Å². The van der Waals surface area contributed by atoms with Gasteiger partial charge in [-0.25, -0.2) is 4.39 Å². The molecule has 0 unspecified atom stereocenters. The predicted molar refractivity (Wildman–Crippen MR) is 90.3 cm³/mol. The number of nitrogens with zero attached hydrogens (tertiary/aromatic N) is 2. The van der Waals surface area contributed by atoms with Crippen LogP contribution in [0.4, 0.5) is 4.39 Å². The van der Waals surface area contributed by atoms with E-state index in [4.69, 9.17) is 0 Å². The number of halogens is 1. The molecule has 0 saturated carbocycles. The molecule has 0 radical (unpaired) electrons. The van der Waals surface area contributed by atoms with E-state index in [1.165, 1.54) is 16.7 Å². The molecule has 0 spiro atoms. The van der Waals surface area contributed by atoms with Gasteiger partial charge in [0.25, 0.3) is 11.5 Å². The summed E-state index contributed by atoms with van der Waals surface area (Å²) in [6, 6.07) is 5.80. The lowest BCUT2D eigenvalue weighted by atomic mass is 10.1. The number of amides is 1. The molecular weight excluding hydrogens is 295 g/mol. The zero-order valence-electron chi connectivity index (χ0n) is 13.9. The van der Waals surface area contributed by atoms with Crippen molar-refractivity contribution < 1.29 is 9.18 Å². The topological polar surface area (TPSA) is 42.3 Å². The van der Waals surface area contributed by atoms with Crippen LogP contribution in [0.5, 0.6) is 0 Å². The van der Waals surface area contributed by atoms with Crippen molar-refractivity contribution in [2.75, 3.05) is 13.1 Å². The lowest BCUT2D eigenvalue weighted by Crippen LogP contribution is -2.36. The van der Waals surface area contributed by atoms with Gasteiger partial charge in [0.1, 0.15) is 11.5 Å². The number of aromatic nitrogens is 1. The molecule has 0 bridgehead atoms. The minimum Gasteiger partial charge on any atom is -0.338 e. The number of rotatable bonds is 6. The standard InChI is InChI=1S/C18H23FN2O2/c1-4-7-10-21-16(18(23)20(5-2)6-3)11-13-8-9-14(19)12-15(13)17(21)22/h8-9,11-12H,4-7,10H2,1-3H3. The van der Waals surface area contributed by atoms with Gasteiger partial charge in [0, 0.05) is 19.6 Å². The number of pyridine rings is 1. The maximum atomic E-state index is 13.5. The second-order valence-corrected chi connectivity index (χ2v) is 5.55. The largest absolute Gasteiger partial charge is 0.338 e. The lowest BCUT2D eigenvalue weighted by molar-refractivity contribution is 0.0760. The van der Waals surface area contributed by atoms with Gasteiger partial charge in [-0.05, 0) is 43.9 Å². The molecule has 0 saturated heterocycles. The fourth-order valence-corrected chi connectivity index (χ4v) is 2.71. The summed E-state index contributed by atoms with van der Waals surface area (Å²) in [5.74, 6) is -0.603. The third kappa shape index (κ3) is 3.44. The summed E-state index contributed by atoms with van der Waals surface area (Å²) in [5.41, 5.74) is 0.0808. The van der Waals surface area contributed by atoms with E-state index in [2.05, 4.69) is 0 Å². The number of fused-ring (bicyclic) bond motifs is 1. The van der Waals surface area contributed by atoms with E-state index in [-0.39, 0.29) is 11.5 Å². The Kier molecular flexibility index (Phi) is 5.53. The SMILES string of the molecule is CCCCn1c(C(=O)N(CC)CC)cc2ccc(F)cc2c1=O. The van der Waals surface area contributed by atoms with Crippen LogP contribution in [-0.4, -0.2) is 28.5 Å². The van der Waals surface area contributed by atoms with E-state index in [1.807, 2.05) is 20.8 Å². The molecule has 1 heterocycles. The van der Waals surface area contributed by atoms with E-state index in [1.54, 1.807) is 17.0 Å². The van der Waals surface area contributed by atoms with Crippen LogP contribution < -0.4 is 5.56 Å². The molecule has 0 atom stereocenters. The molecule has 5 heteroatoms. The van der Waals surface area contributed by atoms with E-state index in [9.17, 15) is 14.0 Å². The van der Waals surface area contributed by atoms with Gasteiger partial charge in [-0.2, -0.15) is 0 Å². The fourth-order valence-electron chi connectivity index (χ4n) is 2.71. The third-order valence-electron chi connectivity index (χ3n) is 4.08. The molecule has 0 aliphatic carbocycles. The monoisotopic (exact) mass is 318 g/mol. The maximum Gasteiger partial charge on any atom is 0.270 e. The first-order chi connectivity index (χ1) is 11.0. The Morgan fingerprint density at radius 1 is 1.17 bits per heavy atom. The van der Waals surface area contributed by atoms with Crippen LogP contribution in [0.25, 0.3) is 10.8 Å². The number of unbranched alkanes of at least 4 members (excludes halogenated alkanes) is 1. The van der Waals surface area contributed by atoms with Crippen molar-refractivity contribution in [1.29, 1.82) is 0 Å². The molecule has 1 aromatic heterocycles. The Morgan fingerprint density at radius 2 is 1.87 bits per heavy atom. The first-order valence-corrected chi connectivity index (χ1v) is 8.15. The number of benzene rings is 1. The van der Waals surface area contributed by atoms with Crippen LogP contribution in [0.2, 0.25) is 0 Å². The second-order valence-electron chi connectivity index (χ2n) is 5.55. The third-order valence-corrected chi connectivity index (χ3v) is 4.08. The van der Waals surface area contributed by atoms with Gasteiger partial charge in [-0.3, -0.25) is 9.59 Å². The molecule has 4 nitrogen and oxygen atoms in total. The molecule has 1 amide bonds. The summed E-state index contributed by atoms with van der Waals surface area (Å²) < 4.78 is 15.0. The van der Waals surface area contributed by atoms with E-state index in [0.717, 1.165) is 12.8 Å². The average Bonchev–Trinajstić information content (AvgIpc) is 2.55. The molecule has 0 N–H and O–H groups in total. The van der Waals surface area contributed by atoms with Crippen molar-refractivity contribution in [2.45, 2.75) is 40.2 Å². The Hall–Kier alpha value is -2.17.